The molecule has 2 aromatic carbocycles. The summed E-state index contributed by atoms with van der Waals surface area (Å²) >= 11 is 1.02. The molecule has 0 saturated carbocycles. The molecule has 1 aromatic heterocycles. The molecule has 0 aliphatic rings. The Morgan fingerprint density at radius 2 is 1.78 bits per heavy atom. The molecule has 0 bridgehead atoms. The number of rotatable bonds is 3. The molecular formula is C17H15N3O2S. The fraction of sp³-hybridized carbons (Fsp3) is 0.118. The number of amides is 1. The van der Waals surface area contributed by atoms with Gasteiger partial charge in [-0.3, -0.25) is 9.59 Å². The number of aromatic nitrogens is 2. The first-order valence-corrected chi connectivity index (χ1v) is 7.85. The van der Waals surface area contributed by atoms with Gasteiger partial charge in [-0.15, -0.1) is 0 Å². The molecule has 0 fully saturated rings. The topological polar surface area (TPSA) is 66.1 Å². The fourth-order valence-electron chi connectivity index (χ4n) is 2.11. The Morgan fingerprint density at radius 3 is 2.48 bits per heavy atom. The number of ketones is 1. The van der Waals surface area contributed by atoms with Crippen molar-refractivity contribution in [1.82, 2.24) is 14.9 Å². The Bertz CT molecular complexity index is 872. The van der Waals surface area contributed by atoms with Gasteiger partial charge < -0.3 is 9.88 Å². The van der Waals surface area contributed by atoms with E-state index in [1.807, 2.05) is 18.2 Å². The van der Waals surface area contributed by atoms with Gasteiger partial charge in [-0.2, -0.15) is 0 Å². The lowest BCUT2D eigenvalue weighted by molar-refractivity contribution is 0.103. The van der Waals surface area contributed by atoms with Crippen molar-refractivity contribution in [3.63, 3.8) is 0 Å². The van der Waals surface area contributed by atoms with Crippen molar-refractivity contribution in [1.29, 1.82) is 0 Å². The van der Waals surface area contributed by atoms with Crippen molar-refractivity contribution >= 4 is 33.8 Å². The Labute approximate surface area is 137 Å². The highest BCUT2D eigenvalue weighted by Gasteiger charge is 2.13. The molecule has 0 aliphatic heterocycles. The van der Waals surface area contributed by atoms with Crippen molar-refractivity contribution in [3.05, 3.63) is 59.7 Å². The average Bonchev–Trinajstić information content (AvgIpc) is 2.96. The lowest BCUT2D eigenvalue weighted by atomic mass is 10.0. The van der Waals surface area contributed by atoms with E-state index in [-0.39, 0.29) is 11.0 Å². The van der Waals surface area contributed by atoms with Crippen molar-refractivity contribution in [3.8, 4) is 0 Å². The van der Waals surface area contributed by atoms with Gasteiger partial charge in [0, 0.05) is 37.0 Å². The van der Waals surface area contributed by atoms with Crippen molar-refractivity contribution < 1.29 is 9.59 Å². The molecule has 1 N–H and O–H groups in total. The number of nitrogens with zero attached hydrogens (tertiary/aromatic N) is 2. The van der Waals surface area contributed by atoms with Crippen LogP contribution in [0.5, 0.6) is 0 Å². The van der Waals surface area contributed by atoms with Crippen LogP contribution >= 0.6 is 11.8 Å². The van der Waals surface area contributed by atoms with Crippen LogP contribution in [0.2, 0.25) is 0 Å². The Kier molecular flexibility index (Phi) is 4.16. The maximum Gasteiger partial charge on any atom is 0.288 e. The third-order valence-electron chi connectivity index (χ3n) is 3.31. The van der Waals surface area contributed by atoms with Crippen LogP contribution in [0.1, 0.15) is 15.9 Å². The zero-order valence-corrected chi connectivity index (χ0v) is 13.6. The molecule has 1 heterocycles. The van der Waals surface area contributed by atoms with E-state index in [4.69, 9.17) is 0 Å². The summed E-state index contributed by atoms with van der Waals surface area (Å²) < 4.78 is 0. The van der Waals surface area contributed by atoms with Gasteiger partial charge in [0.2, 0.25) is 0 Å². The third kappa shape index (κ3) is 3.27. The van der Waals surface area contributed by atoms with E-state index in [1.165, 1.54) is 4.90 Å². The first-order chi connectivity index (χ1) is 11.0. The number of imidazole rings is 1. The van der Waals surface area contributed by atoms with Gasteiger partial charge in [-0.1, -0.05) is 30.3 Å². The minimum Gasteiger partial charge on any atom is -0.339 e. The molecular weight excluding hydrogens is 310 g/mol. The van der Waals surface area contributed by atoms with E-state index < -0.39 is 0 Å². The molecule has 23 heavy (non-hydrogen) atoms. The number of fused-ring (bicyclic) bond motifs is 1. The van der Waals surface area contributed by atoms with Crippen LogP contribution in [0.15, 0.2) is 53.7 Å². The van der Waals surface area contributed by atoms with Crippen LogP contribution in [-0.2, 0) is 0 Å². The molecule has 3 rings (SSSR count). The first-order valence-electron chi connectivity index (χ1n) is 7.03. The quantitative estimate of drug-likeness (QED) is 0.590. The summed E-state index contributed by atoms with van der Waals surface area (Å²) in [7, 11) is 3.38. The predicted octanol–water partition coefficient (Wildman–Crippen LogP) is 3.57. The fourth-order valence-corrected chi connectivity index (χ4v) is 2.76. The van der Waals surface area contributed by atoms with Crippen LogP contribution in [0, 0.1) is 0 Å². The van der Waals surface area contributed by atoms with Gasteiger partial charge in [-0.25, -0.2) is 4.98 Å². The molecule has 0 unspecified atom stereocenters. The number of carbonyl (C=O) groups excluding carboxylic acids is 2. The van der Waals surface area contributed by atoms with E-state index in [1.54, 1.807) is 44.4 Å². The van der Waals surface area contributed by atoms with E-state index in [9.17, 15) is 9.59 Å². The third-order valence-corrected chi connectivity index (χ3v) is 4.23. The zero-order valence-electron chi connectivity index (χ0n) is 12.7. The second-order valence-corrected chi connectivity index (χ2v) is 6.17. The lowest BCUT2D eigenvalue weighted by Crippen LogP contribution is -2.16. The van der Waals surface area contributed by atoms with Gasteiger partial charge in [0.05, 0.1) is 11.0 Å². The van der Waals surface area contributed by atoms with Crippen LogP contribution in [0.3, 0.4) is 0 Å². The van der Waals surface area contributed by atoms with Gasteiger partial charge >= 0.3 is 0 Å². The zero-order chi connectivity index (χ0) is 16.4. The van der Waals surface area contributed by atoms with Crippen molar-refractivity contribution in [2.45, 2.75) is 5.16 Å². The smallest absolute Gasteiger partial charge is 0.288 e. The number of aromatic amines is 1. The molecule has 0 spiro atoms. The molecule has 5 nitrogen and oxygen atoms in total. The largest absolute Gasteiger partial charge is 0.339 e. The standard InChI is InChI=1S/C17H15N3O2S/c1-20(2)17(22)23-16-18-13-9-8-12(10-14(13)19-16)15(21)11-6-4-3-5-7-11/h3-10H,1-2H3,(H,18,19). The minimum absolute atomic E-state index is 0.0410. The molecule has 0 saturated heterocycles. The first kappa shape index (κ1) is 15.3. The summed E-state index contributed by atoms with van der Waals surface area (Å²) in [4.78, 5) is 33.1. The number of carbonyl (C=O) groups is 2. The van der Waals surface area contributed by atoms with Gasteiger partial charge in [0.25, 0.3) is 5.24 Å². The summed E-state index contributed by atoms with van der Waals surface area (Å²) in [6.07, 6.45) is 0. The van der Waals surface area contributed by atoms with E-state index in [2.05, 4.69) is 9.97 Å². The summed E-state index contributed by atoms with van der Waals surface area (Å²) in [5.41, 5.74) is 2.69. The molecule has 0 atom stereocenters. The second kappa shape index (κ2) is 6.26. The van der Waals surface area contributed by atoms with Crippen LogP contribution in [0.4, 0.5) is 4.79 Å². The number of hydrogen-bond donors (Lipinski definition) is 1. The SMILES string of the molecule is CN(C)C(=O)Sc1nc2ccc(C(=O)c3ccccc3)cc2[nH]1. The number of hydrogen-bond acceptors (Lipinski definition) is 4. The molecule has 0 radical (unpaired) electrons. The predicted molar refractivity (Wildman–Crippen MR) is 90.9 cm³/mol. The molecule has 3 aromatic rings. The highest BCUT2D eigenvalue weighted by Crippen LogP contribution is 2.23. The molecule has 116 valence electrons. The minimum atomic E-state index is -0.107. The van der Waals surface area contributed by atoms with Crippen molar-refractivity contribution in [2.75, 3.05) is 14.1 Å². The number of H-pyrrole nitrogens is 1. The van der Waals surface area contributed by atoms with Crippen LogP contribution in [0.25, 0.3) is 11.0 Å². The van der Waals surface area contributed by atoms with Crippen LogP contribution < -0.4 is 0 Å². The summed E-state index contributed by atoms with van der Waals surface area (Å²) in [6, 6.07) is 14.4. The number of benzene rings is 2. The maximum absolute atomic E-state index is 12.5. The normalized spacial score (nSPS) is 10.7. The highest BCUT2D eigenvalue weighted by molar-refractivity contribution is 8.13. The van der Waals surface area contributed by atoms with Gasteiger partial charge in [0.15, 0.2) is 10.9 Å². The Hall–Kier alpha value is -2.60. The summed E-state index contributed by atoms with van der Waals surface area (Å²) in [5.74, 6) is -0.0410. The number of nitrogens with one attached hydrogen (secondary N) is 1. The van der Waals surface area contributed by atoms with E-state index >= 15 is 0 Å². The summed E-state index contributed by atoms with van der Waals surface area (Å²) in [6.45, 7) is 0. The Morgan fingerprint density at radius 1 is 1.04 bits per heavy atom. The molecule has 1 amide bonds. The maximum atomic E-state index is 12.5. The van der Waals surface area contributed by atoms with Gasteiger partial charge in [-0.05, 0) is 18.2 Å². The number of thioether (sulfide) groups is 1. The van der Waals surface area contributed by atoms with Crippen molar-refractivity contribution in [2.24, 2.45) is 0 Å². The monoisotopic (exact) mass is 325 g/mol. The van der Waals surface area contributed by atoms with E-state index in [0.717, 1.165) is 22.8 Å². The summed E-state index contributed by atoms with van der Waals surface area (Å²) in [5, 5.41) is 0.410. The lowest BCUT2D eigenvalue weighted by Gasteiger charge is -2.06. The molecule has 0 aliphatic carbocycles. The van der Waals surface area contributed by atoms with Crippen LogP contribution in [-0.4, -0.2) is 40.0 Å². The average molecular weight is 325 g/mol. The van der Waals surface area contributed by atoms with Gasteiger partial charge in [0.1, 0.15) is 0 Å². The van der Waals surface area contributed by atoms with E-state index in [0.29, 0.717) is 16.3 Å². The highest BCUT2D eigenvalue weighted by atomic mass is 32.2. The second-order valence-electron chi connectivity index (χ2n) is 5.23. The molecule has 6 heteroatoms. The Balaban J connectivity index is 1.90.